The highest BCUT2D eigenvalue weighted by molar-refractivity contribution is 5.65. The Morgan fingerprint density at radius 3 is 2.33 bits per heavy atom. The summed E-state index contributed by atoms with van der Waals surface area (Å²) in [7, 11) is 0. The molecule has 0 aliphatic rings. The van der Waals surface area contributed by atoms with E-state index < -0.39 is 11.6 Å². The lowest BCUT2D eigenvalue weighted by Gasteiger charge is -2.09. The van der Waals surface area contributed by atoms with E-state index in [2.05, 4.69) is 0 Å². The van der Waals surface area contributed by atoms with Gasteiger partial charge in [-0.25, -0.2) is 8.78 Å². The summed E-state index contributed by atoms with van der Waals surface area (Å²) in [6.07, 6.45) is 3.30. The van der Waals surface area contributed by atoms with Crippen LogP contribution in [-0.4, -0.2) is 6.61 Å². The topological polar surface area (TPSA) is 9.23 Å². The van der Waals surface area contributed by atoms with Crippen molar-refractivity contribution in [2.75, 3.05) is 6.61 Å². The molecule has 0 amide bonds. The van der Waals surface area contributed by atoms with Crippen LogP contribution in [0.4, 0.5) is 13.2 Å². The van der Waals surface area contributed by atoms with E-state index in [9.17, 15) is 13.2 Å². The third-order valence-corrected chi connectivity index (χ3v) is 3.75. The van der Waals surface area contributed by atoms with Crippen LogP contribution in [0.15, 0.2) is 48.3 Å². The van der Waals surface area contributed by atoms with Gasteiger partial charge in [0.2, 0.25) is 5.82 Å². The first kappa shape index (κ1) is 18.1. The summed E-state index contributed by atoms with van der Waals surface area (Å²) < 4.78 is 46.3. The van der Waals surface area contributed by atoms with Crippen molar-refractivity contribution < 1.29 is 17.9 Å². The van der Waals surface area contributed by atoms with Crippen LogP contribution >= 0.6 is 0 Å². The van der Waals surface area contributed by atoms with Crippen LogP contribution in [0.25, 0.3) is 11.1 Å². The van der Waals surface area contributed by atoms with Gasteiger partial charge in [-0.15, -0.1) is 0 Å². The molecule has 0 heterocycles. The van der Waals surface area contributed by atoms with Gasteiger partial charge < -0.3 is 4.74 Å². The molecule has 0 radical (unpaired) electrons. The molecule has 0 fully saturated rings. The molecule has 0 aliphatic carbocycles. The number of halogens is 3. The number of ether oxygens (including phenoxy) is 1. The Morgan fingerprint density at radius 1 is 1.00 bits per heavy atom. The van der Waals surface area contributed by atoms with E-state index in [1.54, 1.807) is 32.1 Å². The highest BCUT2D eigenvalue weighted by atomic mass is 19.2. The first-order chi connectivity index (χ1) is 11.6. The van der Waals surface area contributed by atoms with Gasteiger partial charge in [-0.05, 0) is 49.4 Å². The summed E-state index contributed by atoms with van der Waals surface area (Å²) >= 11 is 0. The molecular weight excluding hydrogens is 313 g/mol. The Labute approximate surface area is 140 Å². The fraction of sp³-hybridized carbons (Fsp3) is 0.300. The minimum atomic E-state index is -0.974. The fourth-order valence-electron chi connectivity index (χ4n) is 2.41. The summed E-state index contributed by atoms with van der Waals surface area (Å²) in [5.41, 5.74) is 1.80. The van der Waals surface area contributed by atoms with Gasteiger partial charge in [0.1, 0.15) is 0 Å². The van der Waals surface area contributed by atoms with Gasteiger partial charge in [0.15, 0.2) is 11.6 Å². The van der Waals surface area contributed by atoms with Crippen molar-refractivity contribution in [2.24, 2.45) is 0 Å². The molecule has 0 atom stereocenters. The van der Waals surface area contributed by atoms with Crippen LogP contribution < -0.4 is 4.74 Å². The van der Waals surface area contributed by atoms with E-state index in [4.69, 9.17) is 4.74 Å². The first-order valence-electron chi connectivity index (χ1n) is 8.11. The summed E-state index contributed by atoms with van der Waals surface area (Å²) in [6.45, 7) is 3.76. The predicted octanol–water partition coefficient (Wildman–Crippen LogP) is 6.23. The van der Waals surface area contributed by atoms with Crippen molar-refractivity contribution in [3.8, 4) is 16.9 Å². The third-order valence-electron chi connectivity index (χ3n) is 3.75. The summed E-state index contributed by atoms with van der Waals surface area (Å²) in [5.74, 6) is -2.08. The van der Waals surface area contributed by atoms with Crippen molar-refractivity contribution in [1.82, 2.24) is 0 Å². The van der Waals surface area contributed by atoms with Gasteiger partial charge in [-0.1, -0.05) is 37.3 Å². The summed E-state index contributed by atoms with van der Waals surface area (Å²) in [6, 6.07) is 10.1. The highest BCUT2D eigenvalue weighted by Gasteiger charge is 2.15. The van der Waals surface area contributed by atoms with E-state index in [1.165, 1.54) is 12.1 Å². The van der Waals surface area contributed by atoms with Crippen molar-refractivity contribution in [1.29, 1.82) is 0 Å². The molecule has 2 rings (SSSR count). The molecule has 128 valence electrons. The van der Waals surface area contributed by atoms with E-state index in [0.29, 0.717) is 24.8 Å². The smallest absolute Gasteiger partial charge is 0.201 e. The number of aryl methyl sites for hydroxylation is 1. The van der Waals surface area contributed by atoms with Gasteiger partial charge in [0, 0.05) is 5.56 Å². The molecule has 0 aromatic heterocycles. The Hall–Kier alpha value is -2.23. The second-order valence-corrected chi connectivity index (χ2v) is 5.41. The maximum absolute atomic E-state index is 14.2. The quantitative estimate of drug-likeness (QED) is 0.583. The van der Waals surface area contributed by atoms with E-state index in [-0.39, 0.29) is 23.7 Å². The maximum Gasteiger partial charge on any atom is 0.201 e. The van der Waals surface area contributed by atoms with Crippen molar-refractivity contribution in [3.63, 3.8) is 0 Å². The minimum Gasteiger partial charge on any atom is -0.491 e. The number of rotatable bonds is 7. The molecule has 24 heavy (non-hydrogen) atoms. The molecule has 2 aromatic rings. The van der Waals surface area contributed by atoms with Crippen molar-refractivity contribution >= 4 is 0 Å². The predicted molar refractivity (Wildman–Crippen MR) is 90.8 cm³/mol. The maximum atomic E-state index is 14.2. The number of hydrogen-bond acceptors (Lipinski definition) is 1. The molecule has 2 aromatic carbocycles. The molecule has 0 aliphatic heterocycles. The standard InChI is InChI=1S/C20H21F3O/c1-3-16(21)7-5-6-14-8-10-15(11-9-14)17-12-13-18(24-4-2)20(23)19(17)22/h7-13H,3-6H2,1-2H3. The van der Waals surface area contributed by atoms with Crippen LogP contribution in [-0.2, 0) is 6.42 Å². The fourth-order valence-corrected chi connectivity index (χ4v) is 2.41. The lowest BCUT2D eigenvalue weighted by Crippen LogP contribution is -1.98. The average molecular weight is 334 g/mol. The monoisotopic (exact) mass is 334 g/mol. The lowest BCUT2D eigenvalue weighted by molar-refractivity contribution is 0.314. The van der Waals surface area contributed by atoms with Crippen LogP contribution in [0.2, 0.25) is 0 Å². The minimum absolute atomic E-state index is 0.0832. The zero-order valence-corrected chi connectivity index (χ0v) is 13.9. The molecule has 4 heteroatoms. The molecule has 1 nitrogen and oxygen atoms in total. The van der Waals surface area contributed by atoms with Crippen LogP contribution in [0.3, 0.4) is 0 Å². The van der Waals surface area contributed by atoms with E-state index >= 15 is 0 Å². The van der Waals surface area contributed by atoms with Crippen LogP contribution in [0.5, 0.6) is 5.75 Å². The van der Waals surface area contributed by atoms with E-state index in [1.807, 2.05) is 12.1 Å². The zero-order valence-electron chi connectivity index (χ0n) is 13.9. The second-order valence-electron chi connectivity index (χ2n) is 5.41. The molecule has 0 saturated heterocycles. The largest absolute Gasteiger partial charge is 0.491 e. The lowest BCUT2D eigenvalue weighted by atomic mass is 10.0. The number of benzene rings is 2. The van der Waals surface area contributed by atoms with Crippen LogP contribution in [0.1, 0.15) is 32.3 Å². The molecule has 0 unspecified atom stereocenters. The SMILES string of the molecule is CCOc1ccc(-c2ccc(CCC=C(F)CC)cc2)c(F)c1F. The molecule has 0 spiro atoms. The van der Waals surface area contributed by atoms with Gasteiger partial charge in [0.05, 0.1) is 12.4 Å². The van der Waals surface area contributed by atoms with Gasteiger partial charge in [0.25, 0.3) is 0 Å². The van der Waals surface area contributed by atoms with Crippen LogP contribution in [0, 0.1) is 11.6 Å². The normalized spacial score (nSPS) is 11.6. The molecular formula is C20H21F3O. The first-order valence-corrected chi connectivity index (χ1v) is 8.11. The second kappa shape index (κ2) is 8.57. The summed E-state index contributed by atoms with van der Waals surface area (Å²) in [4.78, 5) is 0. The van der Waals surface area contributed by atoms with E-state index in [0.717, 1.165) is 5.56 Å². The Kier molecular flexibility index (Phi) is 6.47. The highest BCUT2D eigenvalue weighted by Crippen LogP contribution is 2.30. The van der Waals surface area contributed by atoms with Crippen molar-refractivity contribution in [2.45, 2.75) is 33.1 Å². The molecule has 0 bridgehead atoms. The Bertz CT molecular complexity index is 706. The van der Waals surface area contributed by atoms with Gasteiger partial charge in [-0.3, -0.25) is 0 Å². The van der Waals surface area contributed by atoms with Gasteiger partial charge in [-0.2, -0.15) is 4.39 Å². The molecule has 0 N–H and O–H groups in total. The number of hydrogen-bond donors (Lipinski definition) is 0. The summed E-state index contributed by atoms with van der Waals surface area (Å²) in [5, 5.41) is 0. The number of allylic oxidation sites excluding steroid dienone is 2. The van der Waals surface area contributed by atoms with Gasteiger partial charge >= 0.3 is 0 Å². The zero-order chi connectivity index (χ0) is 17.5. The molecule has 0 saturated carbocycles. The Morgan fingerprint density at radius 2 is 1.71 bits per heavy atom. The average Bonchev–Trinajstić information content (AvgIpc) is 2.60. The van der Waals surface area contributed by atoms with Crippen molar-refractivity contribution in [3.05, 3.63) is 65.5 Å². The Balaban J connectivity index is 2.15. The third kappa shape index (κ3) is 4.40.